The van der Waals surface area contributed by atoms with Gasteiger partial charge >= 0.3 is 0 Å². The summed E-state index contributed by atoms with van der Waals surface area (Å²) in [5, 5.41) is 0.145. The number of halogens is 3. The van der Waals surface area contributed by atoms with Gasteiger partial charge in [-0.05, 0) is 70.0 Å². The number of nitrogens with two attached hydrogens (primary N) is 1. The van der Waals surface area contributed by atoms with Crippen LogP contribution in [0.5, 0.6) is 5.88 Å². The molecule has 0 radical (unpaired) electrons. The molecule has 2 N–H and O–H groups in total. The van der Waals surface area contributed by atoms with Crippen molar-refractivity contribution >= 4 is 34.9 Å². The first-order valence-corrected chi connectivity index (χ1v) is 13.6. The molecule has 1 amide bonds. The molecule has 5 rings (SSSR count). The van der Waals surface area contributed by atoms with E-state index in [1.165, 1.54) is 31.2 Å². The first-order chi connectivity index (χ1) is 18.3. The van der Waals surface area contributed by atoms with Gasteiger partial charge in [-0.1, -0.05) is 35.3 Å². The molecule has 200 valence electrons. The fraction of sp³-hybridized carbons (Fsp3) is 0.393. The van der Waals surface area contributed by atoms with Gasteiger partial charge in [0.1, 0.15) is 11.9 Å². The molecule has 0 spiro atoms. The number of nitrogens with zero attached hydrogens (tertiary/aromatic N) is 4. The number of carbonyl (C=O) groups excluding carboxylic acids is 1. The fourth-order valence-electron chi connectivity index (χ4n) is 5.28. The molecule has 38 heavy (non-hydrogen) atoms. The molecule has 2 atom stereocenters. The topological polar surface area (TPSA) is 84.6 Å². The van der Waals surface area contributed by atoms with E-state index in [1.54, 1.807) is 6.92 Å². The molecule has 2 aliphatic rings. The van der Waals surface area contributed by atoms with Crippen LogP contribution in [0.2, 0.25) is 10.0 Å². The lowest BCUT2D eigenvalue weighted by Gasteiger charge is -2.28. The molecular formula is C28H30Cl2FN5O2. The van der Waals surface area contributed by atoms with Gasteiger partial charge in [0.25, 0.3) is 11.8 Å². The van der Waals surface area contributed by atoms with Crippen LogP contribution in [0.4, 0.5) is 10.2 Å². The van der Waals surface area contributed by atoms with Gasteiger partial charge in [-0.3, -0.25) is 4.79 Å². The molecule has 2 saturated heterocycles. The Morgan fingerprint density at radius 3 is 2.76 bits per heavy atom. The zero-order valence-electron chi connectivity index (χ0n) is 21.2. The van der Waals surface area contributed by atoms with Crippen LogP contribution < -0.4 is 10.5 Å². The molecule has 0 saturated carbocycles. The summed E-state index contributed by atoms with van der Waals surface area (Å²) in [5.74, 6) is -0.444. The molecule has 2 aliphatic heterocycles. The average molecular weight is 558 g/mol. The molecule has 7 nitrogen and oxygen atoms in total. The van der Waals surface area contributed by atoms with Gasteiger partial charge in [-0.25, -0.2) is 14.4 Å². The molecule has 3 aromatic rings. The number of aromatic nitrogens is 2. The smallest absolute Gasteiger partial charge is 0.258 e. The Labute approximate surface area is 231 Å². The summed E-state index contributed by atoms with van der Waals surface area (Å²) in [7, 11) is 0. The van der Waals surface area contributed by atoms with Gasteiger partial charge in [0.05, 0.1) is 16.9 Å². The van der Waals surface area contributed by atoms with Gasteiger partial charge in [-0.2, -0.15) is 0 Å². The molecule has 2 aromatic carbocycles. The van der Waals surface area contributed by atoms with Crippen LogP contribution in [0.3, 0.4) is 0 Å². The summed E-state index contributed by atoms with van der Waals surface area (Å²) in [4.78, 5) is 26.8. The highest BCUT2D eigenvalue weighted by Gasteiger charge is 2.31. The summed E-state index contributed by atoms with van der Waals surface area (Å²) in [6, 6.07) is 10.2. The predicted molar refractivity (Wildman–Crippen MR) is 147 cm³/mol. The normalized spacial score (nSPS) is 18.6. The van der Waals surface area contributed by atoms with Gasteiger partial charge in [0.2, 0.25) is 0 Å². The number of ether oxygens (including phenoxy) is 1. The first-order valence-electron chi connectivity index (χ1n) is 12.9. The number of hydrogen-bond acceptors (Lipinski definition) is 6. The SMILES string of the molecule is CC(Oc1nc(-c2cccc(C(=O)N3CCC[C@H]3CN3CCCC3)c2)cnc1N)c1c(Cl)ccc(F)c1Cl. The first kappa shape index (κ1) is 26.7. The molecule has 0 aliphatic carbocycles. The summed E-state index contributed by atoms with van der Waals surface area (Å²) in [6.07, 6.45) is 5.31. The van der Waals surface area contributed by atoms with Gasteiger partial charge < -0.3 is 20.3 Å². The van der Waals surface area contributed by atoms with Gasteiger partial charge in [-0.15, -0.1) is 0 Å². The second-order valence-corrected chi connectivity index (χ2v) is 10.6. The lowest BCUT2D eigenvalue weighted by molar-refractivity contribution is 0.0709. The summed E-state index contributed by atoms with van der Waals surface area (Å²) < 4.78 is 20.0. The molecule has 10 heteroatoms. The standard InChI is InChI=1S/C28H30Cl2FN5O2/c1-17(24-21(29)9-10-22(31)25(24)30)38-27-26(32)33-15-23(34-27)18-6-4-7-19(14-18)28(37)36-13-5-8-20(36)16-35-11-2-3-12-35/h4,6-7,9-10,14-15,17,20H,2-3,5,8,11-13,16H2,1H3,(H2,32,33)/t17?,20-/m0/s1. The molecular weight excluding hydrogens is 528 g/mol. The predicted octanol–water partition coefficient (Wildman–Crippen LogP) is 6.01. The van der Waals surface area contributed by atoms with Crippen molar-refractivity contribution < 1.29 is 13.9 Å². The fourth-order valence-corrected chi connectivity index (χ4v) is 5.96. The third kappa shape index (κ3) is 5.58. The Balaban J connectivity index is 1.36. The molecule has 1 aromatic heterocycles. The van der Waals surface area contributed by atoms with Crippen LogP contribution in [0, 0.1) is 5.82 Å². The van der Waals surface area contributed by atoms with E-state index >= 15 is 0 Å². The minimum atomic E-state index is -0.742. The van der Waals surface area contributed by atoms with E-state index in [9.17, 15) is 9.18 Å². The number of benzene rings is 2. The van der Waals surface area contributed by atoms with Crippen LogP contribution >= 0.6 is 23.2 Å². The minimum absolute atomic E-state index is 0.0254. The van der Waals surface area contributed by atoms with Gasteiger partial charge in [0.15, 0.2) is 5.82 Å². The zero-order chi connectivity index (χ0) is 26.8. The summed E-state index contributed by atoms with van der Waals surface area (Å²) >= 11 is 12.4. The van der Waals surface area contributed by atoms with E-state index in [0.29, 0.717) is 22.4 Å². The number of nitrogen functional groups attached to an aromatic ring is 1. The Morgan fingerprint density at radius 2 is 1.97 bits per heavy atom. The highest BCUT2D eigenvalue weighted by Crippen LogP contribution is 2.36. The van der Waals surface area contributed by atoms with Crippen molar-refractivity contribution in [2.45, 2.75) is 44.8 Å². The lowest BCUT2D eigenvalue weighted by Crippen LogP contribution is -2.42. The van der Waals surface area contributed by atoms with Crippen molar-refractivity contribution in [3.05, 3.63) is 69.6 Å². The van der Waals surface area contributed by atoms with Crippen LogP contribution in [0.1, 0.15) is 54.6 Å². The van der Waals surface area contributed by atoms with Crippen molar-refractivity contribution in [1.29, 1.82) is 0 Å². The Bertz CT molecular complexity index is 1330. The Kier molecular flexibility index (Phi) is 8.02. The molecule has 2 fully saturated rings. The van der Waals surface area contributed by atoms with Crippen LogP contribution in [0.15, 0.2) is 42.6 Å². The van der Waals surface area contributed by atoms with E-state index < -0.39 is 11.9 Å². The van der Waals surface area contributed by atoms with Crippen molar-refractivity contribution in [3.63, 3.8) is 0 Å². The number of hydrogen-bond donors (Lipinski definition) is 1. The van der Waals surface area contributed by atoms with Crippen molar-refractivity contribution in [1.82, 2.24) is 19.8 Å². The minimum Gasteiger partial charge on any atom is -0.467 e. The quantitative estimate of drug-likeness (QED) is 0.358. The maximum Gasteiger partial charge on any atom is 0.258 e. The number of anilines is 1. The van der Waals surface area contributed by atoms with E-state index in [0.717, 1.165) is 39.0 Å². The number of likely N-dealkylation sites (tertiary alicyclic amines) is 2. The monoisotopic (exact) mass is 557 g/mol. The third-order valence-corrected chi connectivity index (χ3v) is 7.97. The Hall–Kier alpha value is -2.94. The zero-order valence-corrected chi connectivity index (χ0v) is 22.7. The molecule has 1 unspecified atom stereocenters. The summed E-state index contributed by atoms with van der Waals surface area (Å²) in [5.41, 5.74) is 8.13. The van der Waals surface area contributed by atoms with Crippen LogP contribution in [-0.2, 0) is 0 Å². The maximum absolute atomic E-state index is 14.0. The van der Waals surface area contributed by atoms with Gasteiger partial charge in [0, 0.05) is 40.8 Å². The van der Waals surface area contributed by atoms with Crippen molar-refractivity contribution in [3.8, 4) is 17.1 Å². The van der Waals surface area contributed by atoms with E-state index in [2.05, 4.69) is 14.9 Å². The van der Waals surface area contributed by atoms with E-state index in [4.69, 9.17) is 33.7 Å². The average Bonchev–Trinajstić information content (AvgIpc) is 3.60. The highest BCUT2D eigenvalue weighted by molar-refractivity contribution is 6.36. The molecule has 0 bridgehead atoms. The number of carbonyl (C=O) groups is 1. The van der Waals surface area contributed by atoms with Crippen molar-refractivity contribution in [2.24, 2.45) is 0 Å². The van der Waals surface area contributed by atoms with Crippen LogP contribution in [-0.4, -0.2) is 57.9 Å². The van der Waals surface area contributed by atoms with Crippen molar-refractivity contribution in [2.75, 3.05) is 31.9 Å². The molecule has 3 heterocycles. The van der Waals surface area contributed by atoms with Crippen LogP contribution in [0.25, 0.3) is 11.3 Å². The van der Waals surface area contributed by atoms with E-state index in [-0.39, 0.29) is 33.7 Å². The number of rotatable bonds is 7. The Morgan fingerprint density at radius 1 is 1.18 bits per heavy atom. The summed E-state index contributed by atoms with van der Waals surface area (Å²) in [6.45, 7) is 5.61. The third-order valence-electron chi connectivity index (χ3n) is 7.25. The van der Waals surface area contributed by atoms with E-state index in [1.807, 2.05) is 29.2 Å². The number of amides is 1. The lowest BCUT2D eigenvalue weighted by atomic mass is 10.1. The highest BCUT2D eigenvalue weighted by atomic mass is 35.5. The second-order valence-electron chi connectivity index (χ2n) is 9.85. The second kappa shape index (κ2) is 11.4. The largest absolute Gasteiger partial charge is 0.467 e. The maximum atomic E-state index is 14.0.